The predicted octanol–water partition coefficient (Wildman–Crippen LogP) is 3.30. The number of nitrogens with one attached hydrogen (secondary N) is 3. The molecule has 0 radical (unpaired) electrons. The number of fused-ring (bicyclic) bond motifs is 2. The monoisotopic (exact) mass is 445 g/mol. The zero-order valence-corrected chi connectivity index (χ0v) is 18.1. The number of aromatic amines is 1. The quantitative estimate of drug-likeness (QED) is 0.431. The average Bonchev–Trinajstić information content (AvgIpc) is 3.21. The van der Waals surface area contributed by atoms with E-state index in [-0.39, 0.29) is 5.41 Å². The van der Waals surface area contributed by atoms with E-state index in [2.05, 4.69) is 37.7 Å². The van der Waals surface area contributed by atoms with Gasteiger partial charge < -0.3 is 14.9 Å². The molecule has 4 heterocycles. The van der Waals surface area contributed by atoms with E-state index in [0.717, 1.165) is 53.7 Å². The second-order valence-electron chi connectivity index (χ2n) is 8.73. The summed E-state index contributed by atoms with van der Waals surface area (Å²) < 4.78 is 7.49. The van der Waals surface area contributed by atoms with Crippen molar-refractivity contribution in [2.75, 3.05) is 11.9 Å². The molecular weight excluding hydrogens is 422 g/mol. The van der Waals surface area contributed by atoms with Crippen LogP contribution in [-0.4, -0.2) is 37.5 Å². The summed E-state index contributed by atoms with van der Waals surface area (Å²) >= 11 is 0. The lowest BCUT2D eigenvalue weighted by molar-refractivity contribution is 0.153. The number of hydrogen-bond acceptors (Lipinski definition) is 7. The highest BCUT2D eigenvalue weighted by Crippen LogP contribution is 2.47. The number of carbonyl (C=O) groups is 1. The van der Waals surface area contributed by atoms with Crippen LogP contribution in [0.3, 0.4) is 0 Å². The van der Waals surface area contributed by atoms with Crippen LogP contribution in [0.2, 0.25) is 0 Å². The Kier molecular flexibility index (Phi) is 4.54. The van der Waals surface area contributed by atoms with Gasteiger partial charge in [-0.2, -0.15) is 9.83 Å². The van der Waals surface area contributed by atoms with Crippen LogP contribution in [0.1, 0.15) is 36.7 Å². The highest BCUT2D eigenvalue weighted by atomic mass is 16.7. The molecule has 6 rings (SSSR count). The number of rotatable bonds is 5. The molecule has 33 heavy (non-hydrogen) atoms. The van der Waals surface area contributed by atoms with E-state index >= 15 is 0 Å². The Bertz CT molecular complexity index is 1360. The number of carbonyl (C=O) groups excluding carboxylic acids is 1. The third-order valence-corrected chi connectivity index (χ3v) is 6.29. The number of aromatic nitrogens is 5. The standard InChI is InChI=1S/C23H23N7O3/c1-23(6-7-23)19-11-20(29-28-19)27-22(31)33-30-9-5-14-10-15(2-3-18(14)30)32-21-16-4-8-24-12-17(16)25-13-26-21/h2-3,5,9-11,13,24H,4,6-8,12H2,1H3,(H2,27,28,29,31). The summed E-state index contributed by atoms with van der Waals surface area (Å²) in [6.45, 7) is 3.75. The summed E-state index contributed by atoms with van der Waals surface area (Å²) in [4.78, 5) is 26.5. The van der Waals surface area contributed by atoms with Gasteiger partial charge in [0.2, 0.25) is 5.88 Å². The second kappa shape index (κ2) is 7.59. The molecule has 3 aromatic heterocycles. The minimum Gasteiger partial charge on any atom is -0.439 e. The molecule has 0 bridgehead atoms. The van der Waals surface area contributed by atoms with Crippen LogP contribution in [0.15, 0.2) is 42.9 Å². The van der Waals surface area contributed by atoms with Gasteiger partial charge >= 0.3 is 6.09 Å². The third-order valence-electron chi connectivity index (χ3n) is 6.29. The number of benzene rings is 1. The fourth-order valence-corrected chi connectivity index (χ4v) is 4.05. The molecule has 1 aliphatic carbocycles. The molecule has 0 saturated heterocycles. The molecule has 0 spiro atoms. The van der Waals surface area contributed by atoms with Crippen molar-refractivity contribution in [3.05, 3.63) is 59.8 Å². The van der Waals surface area contributed by atoms with E-state index in [4.69, 9.17) is 9.57 Å². The largest absolute Gasteiger partial charge is 0.439 e. The van der Waals surface area contributed by atoms with Crippen LogP contribution in [0.25, 0.3) is 10.9 Å². The molecule has 168 valence electrons. The third kappa shape index (κ3) is 3.78. The lowest BCUT2D eigenvalue weighted by atomic mass is 10.1. The topological polar surface area (TPSA) is 119 Å². The Labute approximate surface area is 189 Å². The minimum absolute atomic E-state index is 0.124. The van der Waals surface area contributed by atoms with E-state index in [1.54, 1.807) is 6.20 Å². The minimum atomic E-state index is -0.606. The first-order valence-corrected chi connectivity index (χ1v) is 11.0. The second-order valence-corrected chi connectivity index (χ2v) is 8.73. The normalized spacial score (nSPS) is 16.3. The molecular formula is C23H23N7O3. The van der Waals surface area contributed by atoms with Crippen molar-refractivity contribution in [1.29, 1.82) is 0 Å². The number of anilines is 1. The smallest absolute Gasteiger partial charge is 0.437 e. The first kappa shape index (κ1) is 19.7. The van der Waals surface area contributed by atoms with Gasteiger partial charge in [-0.3, -0.25) is 10.4 Å². The lowest BCUT2D eigenvalue weighted by Gasteiger charge is -2.18. The van der Waals surface area contributed by atoms with Gasteiger partial charge in [0, 0.05) is 35.2 Å². The molecule has 1 amide bonds. The maximum absolute atomic E-state index is 12.4. The molecule has 1 saturated carbocycles. The Morgan fingerprint density at radius 1 is 1.21 bits per heavy atom. The van der Waals surface area contributed by atoms with Crippen molar-refractivity contribution >= 4 is 22.8 Å². The summed E-state index contributed by atoms with van der Waals surface area (Å²) in [6.07, 6.45) is 5.65. The van der Waals surface area contributed by atoms with Crippen molar-refractivity contribution < 1.29 is 14.4 Å². The van der Waals surface area contributed by atoms with Gasteiger partial charge in [-0.15, -0.1) is 0 Å². The predicted molar refractivity (Wildman–Crippen MR) is 120 cm³/mol. The maximum Gasteiger partial charge on any atom is 0.437 e. The van der Waals surface area contributed by atoms with Gasteiger partial charge in [-0.1, -0.05) is 6.92 Å². The first-order valence-electron chi connectivity index (χ1n) is 11.0. The molecule has 0 atom stereocenters. The fraction of sp³-hybridized carbons (Fsp3) is 0.304. The average molecular weight is 445 g/mol. The van der Waals surface area contributed by atoms with Crippen LogP contribution >= 0.6 is 0 Å². The summed E-state index contributed by atoms with van der Waals surface area (Å²) in [6, 6.07) is 9.27. The van der Waals surface area contributed by atoms with Gasteiger partial charge in [0.25, 0.3) is 0 Å². The molecule has 3 N–H and O–H groups in total. The molecule has 1 aliphatic heterocycles. The van der Waals surface area contributed by atoms with Crippen LogP contribution in [0, 0.1) is 0 Å². The number of hydrogen-bond donors (Lipinski definition) is 3. The van der Waals surface area contributed by atoms with Crippen molar-refractivity contribution in [3.63, 3.8) is 0 Å². The highest BCUT2D eigenvalue weighted by molar-refractivity contribution is 5.86. The van der Waals surface area contributed by atoms with Gasteiger partial charge in [-0.05, 0) is 50.1 Å². The lowest BCUT2D eigenvalue weighted by Crippen LogP contribution is -2.25. The summed E-state index contributed by atoms with van der Waals surface area (Å²) in [7, 11) is 0. The zero-order chi connectivity index (χ0) is 22.4. The van der Waals surface area contributed by atoms with Crippen LogP contribution < -0.4 is 20.2 Å². The van der Waals surface area contributed by atoms with Gasteiger partial charge in [-0.25, -0.2) is 14.8 Å². The Morgan fingerprint density at radius 2 is 2.12 bits per heavy atom. The Morgan fingerprint density at radius 3 is 3.00 bits per heavy atom. The zero-order valence-electron chi connectivity index (χ0n) is 18.1. The van der Waals surface area contributed by atoms with Crippen LogP contribution in [-0.2, 0) is 18.4 Å². The van der Waals surface area contributed by atoms with E-state index in [9.17, 15) is 4.79 Å². The highest BCUT2D eigenvalue weighted by Gasteiger charge is 2.41. The Hall–Kier alpha value is -3.92. The van der Waals surface area contributed by atoms with Crippen LogP contribution in [0.5, 0.6) is 11.6 Å². The molecule has 2 aliphatic rings. The van der Waals surface area contributed by atoms with E-state index in [0.29, 0.717) is 24.0 Å². The van der Waals surface area contributed by atoms with Crippen molar-refractivity contribution in [2.24, 2.45) is 0 Å². The van der Waals surface area contributed by atoms with Crippen molar-refractivity contribution in [1.82, 2.24) is 30.2 Å². The molecule has 1 aromatic carbocycles. The van der Waals surface area contributed by atoms with Gasteiger partial charge in [0.15, 0.2) is 0 Å². The van der Waals surface area contributed by atoms with E-state index in [1.807, 2.05) is 30.3 Å². The number of nitrogens with zero attached hydrogens (tertiary/aromatic N) is 4. The molecule has 4 aromatic rings. The number of H-pyrrole nitrogens is 1. The van der Waals surface area contributed by atoms with Crippen molar-refractivity contribution in [3.8, 4) is 11.6 Å². The molecule has 0 unspecified atom stereocenters. The summed E-state index contributed by atoms with van der Waals surface area (Å²) in [5.74, 6) is 1.75. The fourth-order valence-electron chi connectivity index (χ4n) is 4.05. The van der Waals surface area contributed by atoms with Gasteiger partial charge in [0.05, 0.1) is 16.9 Å². The summed E-state index contributed by atoms with van der Waals surface area (Å²) in [5.41, 5.74) is 3.82. The van der Waals surface area contributed by atoms with Crippen LogP contribution in [0.4, 0.5) is 10.6 Å². The number of amides is 1. The molecule has 10 nitrogen and oxygen atoms in total. The SMILES string of the molecule is CC1(c2cc(NC(=O)On3ccc4cc(Oc5ncnc6c5CCNC6)ccc43)[nH]n2)CC1. The molecule has 10 heteroatoms. The maximum atomic E-state index is 12.4. The van der Waals surface area contributed by atoms with E-state index < -0.39 is 6.09 Å². The Balaban J connectivity index is 1.16. The van der Waals surface area contributed by atoms with E-state index in [1.165, 1.54) is 11.1 Å². The molecule has 1 fully saturated rings. The van der Waals surface area contributed by atoms with Crippen molar-refractivity contribution in [2.45, 2.75) is 38.1 Å². The van der Waals surface area contributed by atoms with Gasteiger partial charge in [0.1, 0.15) is 17.9 Å². The number of ether oxygens (including phenoxy) is 1. The summed E-state index contributed by atoms with van der Waals surface area (Å²) in [5, 5.41) is 14.0. The first-order chi connectivity index (χ1) is 16.1.